The second-order valence-electron chi connectivity index (χ2n) is 3.10. The number of carbonyl (C=O) groups is 1. The fourth-order valence-corrected chi connectivity index (χ4v) is 3.12. The molecule has 0 spiro atoms. The van der Waals surface area contributed by atoms with Gasteiger partial charge >= 0.3 is 13.6 Å². The van der Waals surface area contributed by atoms with Crippen LogP contribution in [0.3, 0.4) is 0 Å². The van der Waals surface area contributed by atoms with E-state index in [0.29, 0.717) is 6.42 Å². The zero-order chi connectivity index (χ0) is 14.4. The molecule has 0 aromatic heterocycles. The Morgan fingerprint density at radius 2 is 1.78 bits per heavy atom. The number of hydrogen-bond acceptors (Lipinski definition) is 6. The molecule has 0 bridgehead atoms. The van der Waals surface area contributed by atoms with Crippen molar-refractivity contribution in [2.75, 3.05) is 14.2 Å². The third-order valence-electron chi connectivity index (χ3n) is 1.76. The van der Waals surface area contributed by atoms with Gasteiger partial charge in [-0.1, -0.05) is 41.7 Å². The molecule has 0 amide bonds. The van der Waals surface area contributed by atoms with Gasteiger partial charge in [-0.15, -0.1) is 0 Å². The summed E-state index contributed by atoms with van der Waals surface area (Å²) in [5.74, 6) is -2.37. The summed E-state index contributed by atoms with van der Waals surface area (Å²) in [5.41, 5.74) is 0. The molecule has 0 rings (SSSR count). The third kappa shape index (κ3) is 5.61. The van der Waals surface area contributed by atoms with E-state index in [0.717, 1.165) is 14.2 Å². The highest BCUT2D eigenvalue weighted by Crippen LogP contribution is 2.59. The van der Waals surface area contributed by atoms with Gasteiger partial charge in [0.05, 0.1) is 0 Å². The summed E-state index contributed by atoms with van der Waals surface area (Å²) in [7, 11) is -1.71. The fourth-order valence-electron chi connectivity index (χ4n) is 0.898. The first-order valence-corrected chi connectivity index (χ1v) is 7.60. The predicted molar refractivity (Wildman–Crippen MR) is 67.8 cm³/mol. The quantitative estimate of drug-likeness (QED) is 0.305. The highest BCUT2D eigenvalue weighted by atomic mass is 35.6. The van der Waals surface area contributed by atoms with Gasteiger partial charge in [0.15, 0.2) is 0 Å². The standard InChI is InChI=1S/C8H14Cl3O6P/c1-4-5-6(12)16-17-7(8(9,10)11)18(13,14-2)15-3/h7H,4-5H2,1-3H3. The van der Waals surface area contributed by atoms with Crippen molar-refractivity contribution in [1.29, 1.82) is 0 Å². The zero-order valence-corrected chi connectivity index (χ0v) is 13.2. The molecule has 1 atom stereocenters. The summed E-state index contributed by atoms with van der Waals surface area (Å²) < 4.78 is 19.2. The molecule has 0 saturated heterocycles. The SMILES string of the molecule is CCCC(=O)OOC(C(Cl)(Cl)Cl)P(=O)(OC)OC. The summed E-state index contributed by atoms with van der Waals surface area (Å²) in [6.07, 6.45) is 0.656. The Labute approximate surface area is 120 Å². The summed E-state index contributed by atoms with van der Waals surface area (Å²) in [6, 6.07) is 0. The minimum absolute atomic E-state index is 0.108. The monoisotopic (exact) mass is 342 g/mol. The van der Waals surface area contributed by atoms with Gasteiger partial charge in [-0.2, -0.15) is 4.89 Å². The lowest BCUT2D eigenvalue weighted by Crippen LogP contribution is -2.31. The Balaban J connectivity index is 4.83. The molecule has 0 aromatic carbocycles. The van der Waals surface area contributed by atoms with Crippen LogP contribution in [-0.2, 0) is 28.2 Å². The largest absolute Gasteiger partial charge is 0.367 e. The van der Waals surface area contributed by atoms with Crippen molar-refractivity contribution in [3.05, 3.63) is 0 Å². The Morgan fingerprint density at radius 1 is 1.28 bits per heavy atom. The van der Waals surface area contributed by atoms with Gasteiger partial charge in [0.1, 0.15) is 0 Å². The van der Waals surface area contributed by atoms with E-state index in [1.165, 1.54) is 0 Å². The number of rotatable bonds is 7. The van der Waals surface area contributed by atoms with E-state index in [1.54, 1.807) is 6.92 Å². The Hall–Kier alpha value is 0.450. The van der Waals surface area contributed by atoms with Crippen LogP contribution in [0.5, 0.6) is 0 Å². The summed E-state index contributed by atoms with van der Waals surface area (Å²) in [5, 5.41) is 0. The Morgan fingerprint density at radius 3 is 2.11 bits per heavy atom. The van der Waals surface area contributed by atoms with E-state index < -0.39 is 23.2 Å². The topological polar surface area (TPSA) is 71.1 Å². The van der Waals surface area contributed by atoms with Crippen molar-refractivity contribution in [3.8, 4) is 0 Å². The molecule has 18 heavy (non-hydrogen) atoms. The van der Waals surface area contributed by atoms with E-state index >= 15 is 0 Å². The molecule has 0 fully saturated rings. The van der Waals surface area contributed by atoms with Crippen LogP contribution in [0.1, 0.15) is 19.8 Å². The van der Waals surface area contributed by atoms with E-state index in [9.17, 15) is 9.36 Å². The second-order valence-corrected chi connectivity index (χ2v) is 7.75. The molecule has 1 unspecified atom stereocenters. The molecule has 10 heteroatoms. The Kier molecular flexibility index (Phi) is 8.10. The lowest BCUT2D eigenvalue weighted by molar-refractivity contribution is -0.284. The van der Waals surface area contributed by atoms with Crippen LogP contribution in [0.25, 0.3) is 0 Å². The maximum absolute atomic E-state index is 12.1. The van der Waals surface area contributed by atoms with E-state index in [4.69, 9.17) is 34.8 Å². The molecule has 0 heterocycles. The average molecular weight is 344 g/mol. The number of alkyl halides is 3. The van der Waals surface area contributed by atoms with Crippen LogP contribution in [-0.4, -0.2) is 29.8 Å². The minimum Gasteiger partial charge on any atom is -0.310 e. The molecule has 108 valence electrons. The van der Waals surface area contributed by atoms with Crippen LogP contribution in [0.4, 0.5) is 0 Å². The fraction of sp³-hybridized carbons (Fsp3) is 0.875. The molecular formula is C8H14Cl3O6P. The Bertz CT molecular complexity index is 310. The molecule has 0 aliphatic heterocycles. The summed E-state index contributed by atoms with van der Waals surface area (Å²) in [4.78, 5) is 20.1. The minimum atomic E-state index is -3.88. The van der Waals surface area contributed by atoms with Crippen molar-refractivity contribution in [2.24, 2.45) is 0 Å². The predicted octanol–water partition coefficient (Wildman–Crippen LogP) is 3.44. The molecule has 0 N–H and O–H groups in total. The average Bonchev–Trinajstić information content (AvgIpc) is 2.27. The molecule has 6 nitrogen and oxygen atoms in total. The van der Waals surface area contributed by atoms with Crippen LogP contribution in [0.2, 0.25) is 0 Å². The van der Waals surface area contributed by atoms with Crippen molar-refractivity contribution >= 4 is 48.4 Å². The van der Waals surface area contributed by atoms with Gasteiger partial charge in [0.2, 0.25) is 3.79 Å². The van der Waals surface area contributed by atoms with Crippen LogP contribution in [0.15, 0.2) is 0 Å². The van der Waals surface area contributed by atoms with Gasteiger partial charge in [-0.05, 0) is 6.42 Å². The molecule has 0 radical (unpaired) electrons. The van der Waals surface area contributed by atoms with E-state index in [2.05, 4.69) is 18.8 Å². The number of halogens is 3. The molecule has 0 aromatic rings. The van der Waals surface area contributed by atoms with Gasteiger partial charge in [-0.3, -0.25) is 9.45 Å². The molecular weight excluding hydrogens is 329 g/mol. The lowest BCUT2D eigenvalue weighted by atomic mass is 10.3. The highest BCUT2D eigenvalue weighted by molar-refractivity contribution is 7.55. The third-order valence-corrected chi connectivity index (χ3v) is 4.88. The first-order valence-electron chi connectivity index (χ1n) is 4.85. The van der Waals surface area contributed by atoms with Crippen LogP contribution >= 0.6 is 42.4 Å². The van der Waals surface area contributed by atoms with E-state index in [-0.39, 0.29) is 6.42 Å². The normalized spacial score (nSPS) is 14.3. The van der Waals surface area contributed by atoms with Crippen molar-refractivity contribution in [2.45, 2.75) is 29.4 Å². The molecule has 0 saturated carbocycles. The first kappa shape index (κ1) is 18.4. The van der Waals surface area contributed by atoms with E-state index in [1.807, 2.05) is 0 Å². The summed E-state index contributed by atoms with van der Waals surface area (Å²) >= 11 is 16.8. The van der Waals surface area contributed by atoms with Crippen molar-refractivity contribution < 1.29 is 28.2 Å². The first-order chi connectivity index (χ1) is 8.21. The van der Waals surface area contributed by atoms with Crippen molar-refractivity contribution in [3.63, 3.8) is 0 Å². The van der Waals surface area contributed by atoms with Gasteiger partial charge in [0, 0.05) is 20.6 Å². The van der Waals surface area contributed by atoms with Crippen molar-refractivity contribution in [1.82, 2.24) is 0 Å². The second kappa shape index (κ2) is 7.90. The number of hydrogen-bond donors (Lipinski definition) is 0. The lowest BCUT2D eigenvalue weighted by Gasteiger charge is -2.27. The smallest absolute Gasteiger partial charge is 0.310 e. The van der Waals surface area contributed by atoms with Gasteiger partial charge < -0.3 is 9.05 Å². The van der Waals surface area contributed by atoms with Crippen LogP contribution < -0.4 is 0 Å². The number of carbonyl (C=O) groups excluding carboxylic acids is 1. The highest BCUT2D eigenvalue weighted by Gasteiger charge is 2.51. The maximum Gasteiger partial charge on any atom is 0.367 e. The zero-order valence-electron chi connectivity index (χ0n) is 10.0. The van der Waals surface area contributed by atoms with Crippen LogP contribution in [0, 0.1) is 0 Å². The molecule has 0 aliphatic carbocycles. The maximum atomic E-state index is 12.1. The summed E-state index contributed by atoms with van der Waals surface area (Å²) in [6.45, 7) is 1.77. The van der Waals surface area contributed by atoms with Gasteiger partial charge in [-0.25, -0.2) is 4.79 Å². The molecule has 0 aliphatic rings. The van der Waals surface area contributed by atoms with Gasteiger partial charge in [0.25, 0.3) is 5.85 Å².